The number of hydrogen-bond donors (Lipinski definition) is 1. The number of aromatic nitrogens is 2. The molecule has 0 bridgehead atoms. The molecule has 1 atom stereocenters. The predicted octanol–water partition coefficient (Wildman–Crippen LogP) is 2.83. The first kappa shape index (κ1) is 18.2. The molecule has 1 unspecified atom stereocenters. The van der Waals surface area contributed by atoms with Gasteiger partial charge in [0.25, 0.3) is 11.8 Å². The Hall–Kier alpha value is -3.55. The summed E-state index contributed by atoms with van der Waals surface area (Å²) in [5, 5.41) is 10.2. The van der Waals surface area contributed by atoms with Crippen LogP contribution in [0.2, 0.25) is 0 Å². The first-order valence-electron chi connectivity index (χ1n) is 8.02. The fourth-order valence-electron chi connectivity index (χ4n) is 2.32. The van der Waals surface area contributed by atoms with Crippen LogP contribution in [-0.4, -0.2) is 29.2 Å². The maximum atomic E-state index is 13.0. The zero-order chi connectivity index (χ0) is 19.4. The van der Waals surface area contributed by atoms with Gasteiger partial charge in [0, 0.05) is 11.1 Å². The lowest BCUT2D eigenvalue weighted by atomic mass is 10.1. The van der Waals surface area contributed by atoms with Gasteiger partial charge in [0.05, 0.1) is 7.11 Å². The topological polar surface area (TPSA) is 94.3 Å². The molecule has 0 radical (unpaired) electrons. The highest BCUT2D eigenvalue weighted by Crippen LogP contribution is 2.22. The summed E-state index contributed by atoms with van der Waals surface area (Å²) in [5.74, 6) is -1.71. The van der Waals surface area contributed by atoms with E-state index in [1.54, 1.807) is 24.3 Å². The minimum absolute atomic E-state index is 0.0866. The van der Waals surface area contributed by atoms with Crippen molar-refractivity contribution in [2.75, 3.05) is 7.11 Å². The number of carbonyl (C=O) groups excluding carboxylic acids is 2. The van der Waals surface area contributed by atoms with Crippen molar-refractivity contribution in [1.29, 1.82) is 0 Å². The molecular formula is C19H16FN3O4. The minimum Gasteiger partial charge on any atom is -0.467 e. The summed E-state index contributed by atoms with van der Waals surface area (Å²) in [6.07, 6.45) is 0. The molecule has 8 heteroatoms. The van der Waals surface area contributed by atoms with Crippen LogP contribution in [0.4, 0.5) is 4.39 Å². The second-order valence-corrected chi connectivity index (χ2v) is 5.75. The summed E-state index contributed by atoms with van der Waals surface area (Å²) < 4.78 is 23.3. The van der Waals surface area contributed by atoms with Crippen LogP contribution in [0.3, 0.4) is 0 Å². The number of carbonyl (C=O) groups is 2. The van der Waals surface area contributed by atoms with Gasteiger partial charge in [0.1, 0.15) is 5.82 Å². The molecule has 0 saturated carbocycles. The van der Waals surface area contributed by atoms with Gasteiger partial charge in [-0.3, -0.25) is 4.79 Å². The number of aryl methyl sites for hydroxylation is 1. The van der Waals surface area contributed by atoms with Gasteiger partial charge in [0.2, 0.25) is 11.9 Å². The normalized spacial score (nSPS) is 11.7. The van der Waals surface area contributed by atoms with Crippen LogP contribution in [0.5, 0.6) is 0 Å². The lowest BCUT2D eigenvalue weighted by Gasteiger charge is -2.13. The van der Waals surface area contributed by atoms with E-state index in [2.05, 4.69) is 15.5 Å². The zero-order valence-electron chi connectivity index (χ0n) is 14.6. The van der Waals surface area contributed by atoms with E-state index in [1.165, 1.54) is 31.4 Å². The van der Waals surface area contributed by atoms with Crippen molar-refractivity contribution in [1.82, 2.24) is 15.5 Å². The van der Waals surface area contributed by atoms with Gasteiger partial charge in [-0.2, -0.15) is 0 Å². The number of rotatable bonds is 5. The van der Waals surface area contributed by atoms with E-state index < -0.39 is 23.7 Å². The Labute approximate surface area is 154 Å². The van der Waals surface area contributed by atoms with Crippen molar-refractivity contribution >= 4 is 11.9 Å². The number of ether oxygens (including phenoxy) is 1. The Balaban J connectivity index is 1.85. The fourth-order valence-corrected chi connectivity index (χ4v) is 2.32. The lowest BCUT2D eigenvalue weighted by Crippen LogP contribution is -2.34. The van der Waals surface area contributed by atoms with Crippen LogP contribution in [0.1, 0.15) is 27.9 Å². The number of nitrogens with one attached hydrogen (secondary N) is 1. The highest BCUT2D eigenvalue weighted by atomic mass is 19.1. The van der Waals surface area contributed by atoms with Crippen molar-refractivity contribution in [3.63, 3.8) is 0 Å². The van der Waals surface area contributed by atoms with Crippen LogP contribution in [0, 0.1) is 12.7 Å². The molecular weight excluding hydrogens is 353 g/mol. The highest BCUT2D eigenvalue weighted by Gasteiger charge is 2.30. The summed E-state index contributed by atoms with van der Waals surface area (Å²) in [7, 11) is 1.19. The van der Waals surface area contributed by atoms with Gasteiger partial charge in [-0.1, -0.05) is 17.7 Å². The summed E-state index contributed by atoms with van der Waals surface area (Å²) in [5.41, 5.74) is 1.84. The lowest BCUT2D eigenvalue weighted by molar-refractivity contribution is -0.143. The van der Waals surface area contributed by atoms with E-state index in [0.29, 0.717) is 11.1 Å². The minimum atomic E-state index is -1.27. The molecule has 0 aliphatic rings. The van der Waals surface area contributed by atoms with E-state index in [0.717, 1.165) is 5.56 Å². The molecule has 1 N–H and O–H groups in total. The van der Waals surface area contributed by atoms with E-state index in [1.807, 2.05) is 6.92 Å². The van der Waals surface area contributed by atoms with Crippen molar-refractivity contribution < 1.29 is 23.1 Å². The zero-order valence-corrected chi connectivity index (χ0v) is 14.6. The van der Waals surface area contributed by atoms with E-state index in [4.69, 9.17) is 9.15 Å². The van der Waals surface area contributed by atoms with E-state index in [9.17, 15) is 14.0 Å². The highest BCUT2D eigenvalue weighted by molar-refractivity contribution is 5.96. The molecule has 0 aliphatic carbocycles. The third-order valence-electron chi connectivity index (χ3n) is 3.80. The van der Waals surface area contributed by atoms with Crippen molar-refractivity contribution in [2.24, 2.45) is 0 Å². The average molecular weight is 369 g/mol. The Morgan fingerprint density at radius 1 is 1.07 bits per heavy atom. The third-order valence-corrected chi connectivity index (χ3v) is 3.80. The van der Waals surface area contributed by atoms with Crippen LogP contribution in [-0.2, 0) is 9.53 Å². The van der Waals surface area contributed by atoms with Crippen LogP contribution >= 0.6 is 0 Å². The molecule has 3 aromatic rings. The molecule has 0 spiro atoms. The number of esters is 1. The summed E-state index contributed by atoms with van der Waals surface area (Å²) in [6, 6.07) is 11.0. The Morgan fingerprint density at radius 3 is 2.37 bits per heavy atom. The summed E-state index contributed by atoms with van der Waals surface area (Å²) >= 11 is 0. The Morgan fingerprint density at radius 2 is 1.74 bits per heavy atom. The van der Waals surface area contributed by atoms with Crippen molar-refractivity contribution in [3.05, 3.63) is 71.4 Å². The van der Waals surface area contributed by atoms with Gasteiger partial charge < -0.3 is 14.5 Å². The molecule has 1 amide bonds. The number of benzene rings is 2. The monoisotopic (exact) mass is 369 g/mol. The molecule has 1 heterocycles. The number of amides is 1. The molecule has 0 saturated heterocycles. The number of hydrogen-bond acceptors (Lipinski definition) is 6. The first-order valence-corrected chi connectivity index (χ1v) is 8.02. The van der Waals surface area contributed by atoms with Gasteiger partial charge >= 0.3 is 5.97 Å². The molecule has 0 aliphatic heterocycles. The molecule has 1 aromatic heterocycles. The molecule has 7 nitrogen and oxygen atoms in total. The maximum Gasteiger partial charge on any atom is 0.338 e. The fraction of sp³-hybridized carbons (Fsp3) is 0.158. The molecule has 0 fully saturated rings. The van der Waals surface area contributed by atoms with E-state index >= 15 is 0 Å². The summed E-state index contributed by atoms with van der Waals surface area (Å²) in [4.78, 5) is 24.5. The van der Waals surface area contributed by atoms with E-state index in [-0.39, 0.29) is 11.8 Å². The first-order chi connectivity index (χ1) is 13.0. The molecule has 138 valence electrons. The Kier molecular flexibility index (Phi) is 5.25. The SMILES string of the molecule is COC(=O)C(NC(=O)c1ccc(C)cc1)c1nnc(-c2ccc(F)cc2)o1. The summed E-state index contributed by atoms with van der Waals surface area (Å²) in [6.45, 7) is 1.90. The molecule has 27 heavy (non-hydrogen) atoms. The van der Waals surface area contributed by atoms with Crippen molar-refractivity contribution in [3.8, 4) is 11.5 Å². The number of methoxy groups -OCH3 is 1. The smallest absolute Gasteiger partial charge is 0.338 e. The Bertz CT molecular complexity index is 952. The molecule has 2 aromatic carbocycles. The van der Waals surface area contributed by atoms with Gasteiger partial charge in [0.15, 0.2) is 0 Å². The number of halogens is 1. The van der Waals surface area contributed by atoms with Gasteiger partial charge in [-0.25, -0.2) is 9.18 Å². The molecule has 3 rings (SSSR count). The third kappa shape index (κ3) is 4.17. The maximum absolute atomic E-state index is 13.0. The average Bonchev–Trinajstić information content (AvgIpc) is 3.16. The second kappa shape index (κ2) is 7.77. The predicted molar refractivity (Wildman–Crippen MR) is 93.1 cm³/mol. The number of nitrogens with zero attached hydrogens (tertiary/aromatic N) is 2. The standard InChI is InChI=1S/C19H16FN3O4/c1-11-3-5-12(6-4-11)16(24)21-15(19(25)26-2)18-23-22-17(27-18)13-7-9-14(20)10-8-13/h3-10,15H,1-2H3,(H,21,24). The largest absolute Gasteiger partial charge is 0.467 e. The second-order valence-electron chi connectivity index (χ2n) is 5.75. The van der Waals surface area contributed by atoms with Crippen LogP contribution in [0.25, 0.3) is 11.5 Å². The van der Waals surface area contributed by atoms with Crippen LogP contribution in [0.15, 0.2) is 52.9 Å². The van der Waals surface area contributed by atoms with Gasteiger partial charge in [-0.15, -0.1) is 10.2 Å². The quantitative estimate of drug-likeness (QED) is 0.695. The van der Waals surface area contributed by atoms with Gasteiger partial charge in [-0.05, 0) is 43.3 Å². The van der Waals surface area contributed by atoms with Crippen LogP contribution < -0.4 is 5.32 Å². The van der Waals surface area contributed by atoms with Crippen molar-refractivity contribution in [2.45, 2.75) is 13.0 Å².